The highest BCUT2D eigenvalue weighted by Gasteiger charge is 2.27. The van der Waals surface area contributed by atoms with Crippen LogP contribution in [0.2, 0.25) is 0 Å². The minimum absolute atomic E-state index is 0.125. The van der Waals surface area contributed by atoms with Gasteiger partial charge in [0.05, 0.1) is 11.4 Å². The first kappa shape index (κ1) is 17.6. The summed E-state index contributed by atoms with van der Waals surface area (Å²) in [7, 11) is 0. The SMILES string of the molecule is O=C1CN(C(=O)COC(=O)/C=C/c2ccc3c(c2)OCO3)c2ccccc2N1. The zero-order chi connectivity index (χ0) is 19.5. The molecule has 2 aromatic carbocycles. The number of benzene rings is 2. The minimum Gasteiger partial charge on any atom is -0.454 e. The molecule has 0 fully saturated rings. The Balaban J connectivity index is 1.36. The zero-order valence-electron chi connectivity index (χ0n) is 14.7. The maximum atomic E-state index is 12.4. The van der Waals surface area contributed by atoms with Crippen LogP contribution >= 0.6 is 0 Å². The highest BCUT2D eigenvalue weighted by Crippen LogP contribution is 2.33. The number of nitrogens with one attached hydrogen (secondary N) is 1. The van der Waals surface area contributed by atoms with Gasteiger partial charge < -0.3 is 19.5 Å². The molecule has 0 bridgehead atoms. The number of ether oxygens (including phenoxy) is 3. The number of hydrogen-bond acceptors (Lipinski definition) is 6. The van der Waals surface area contributed by atoms with Crippen molar-refractivity contribution in [2.45, 2.75) is 0 Å². The van der Waals surface area contributed by atoms with Crippen molar-refractivity contribution in [1.29, 1.82) is 0 Å². The molecule has 28 heavy (non-hydrogen) atoms. The van der Waals surface area contributed by atoms with Crippen molar-refractivity contribution in [2.24, 2.45) is 0 Å². The molecule has 0 aromatic heterocycles. The van der Waals surface area contributed by atoms with E-state index in [1.165, 1.54) is 11.0 Å². The van der Waals surface area contributed by atoms with E-state index in [1.54, 1.807) is 48.5 Å². The van der Waals surface area contributed by atoms with E-state index in [0.717, 1.165) is 5.56 Å². The van der Waals surface area contributed by atoms with Gasteiger partial charge in [0.15, 0.2) is 18.1 Å². The number of rotatable bonds is 4. The summed E-state index contributed by atoms with van der Waals surface area (Å²) >= 11 is 0. The van der Waals surface area contributed by atoms with Gasteiger partial charge in [-0.1, -0.05) is 18.2 Å². The van der Waals surface area contributed by atoms with Crippen LogP contribution in [-0.2, 0) is 19.1 Å². The molecule has 1 N–H and O–H groups in total. The number of fused-ring (bicyclic) bond motifs is 2. The van der Waals surface area contributed by atoms with Gasteiger partial charge in [0.25, 0.3) is 5.91 Å². The third-order valence-corrected chi connectivity index (χ3v) is 4.22. The summed E-state index contributed by atoms with van der Waals surface area (Å²) in [6.07, 6.45) is 2.78. The van der Waals surface area contributed by atoms with E-state index in [2.05, 4.69) is 5.32 Å². The van der Waals surface area contributed by atoms with Gasteiger partial charge in [-0.05, 0) is 35.9 Å². The summed E-state index contributed by atoms with van der Waals surface area (Å²) in [4.78, 5) is 37.4. The minimum atomic E-state index is -0.666. The van der Waals surface area contributed by atoms with Crippen LogP contribution in [0.15, 0.2) is 48.5 Å². The lowest BCUT2D eigenvalue weighted by Gasteiger charge is -2.28. The van der Waals surface area contributed by atoms with Crippen molar-refractivity contribution in [1.82, 2.24) is 0 Å². The number of nitrogens with zero attached hydrogens (tertiary/aromatic N) is 1. The van der Waals surface area contributed by atoms with Crippen molar-refractivity contribution < 1.29 is 28.6 Å². The molecule has 0 spiro atoms. The number of hydrogen-bond donors (Lipinski definition) is 1. The van der Waals surface area contributed by atoms with Gasteiger partial charge in [-0.25, -0.2) is 4.79 Å². The Morgan fingerprint density at radius 1 is 1.14 bits per heavy atom. The summed E-state index contributed by atoms with van der Waals surface area (Å²) in [5.41, 5.74) is 1.84. The second-order valence-corrected chi connectivity index (χ2v) is 6.10. The monoisotopic (exact) mass is 380 g/mol. The lowest BCUT2D eigenvalue weighted by Crippen LogP contribution is -2.43. The number of amides is 2. The molecule has 2 heterocycles. The van der Waals surface area contributed by atoms with Crippen LogP contribution in [-0.4, -0.2) is 37.7 Å². The number of carbonyl (C=O) groups is 3. The average Bonchev–Trinajstić information content (AvgIpc) is 3.17. The van der Waals surface area contributed by atoms with Crippen LogP contribution in [0, 0.1) is 0 Å². The molecule has 4 rings (SSSR count). The van der Waals surface area contributed by atoms with Crippen LogP contribution in [0.4, 0.5) is 11.4 Å². The Morgan fingerprint density at radius 2 is 1.96 bits per heavy atom. The Morgan fingerprint density at radius 3 is 2.86 bits per heavy atom. The van der Waals surface area contributed by atoms with Crippen molar-refractivity contribution in [3.05, 3.63) is 54.1 Å². The van der Waals surface area contributed by atoms with Gasteiger partial charge in [0, 0.05) is 6.08 Å². The molecule has 2 amide bonds. The standard InChI is InChI=1S/C20H16N2O6/c23-18-10-22(15-4-2-1-3-14(15)21-18)19(24)11-26-20(25)8-6-13-5-7-16-17(9-13)28-12-27-16/h1-9H,10-12H2,(H,21,23)/b8-6+. The lowest BCUT2D eigenvalue weighted by molar-refractivity contribution is -0.143. The number of para-hydroxylation sites is 2. The molecule has 0 saturated carbocycles. The van der Waals surface area contributed by atoms with Crippen molar-refractivity contribution >= 4 is 35.2 Å². The lowest BCUT2D eigenvalue weighted by atomic mass is 10.2. The molecule has 0 unspecified atom stereocenters. The van der Waals surface area contributed by atoms with Gasteiger partial charge in [-0.3, -0.25) is 14.5 Å². The summed E-state index contributed by atoms with van der Waals surface area (Å²) < 4.78 is 15.5. The molecule has 0 saturated heterocycles. The van der Waals surface area contributed by atoms with Crippen LogP contribution < -0.4 is 19.7 Å². The molecule has 0 radical (unpaired) electrons. The molecule has 2 aliphatic heterocycles. The van der Waals surface area contributed by atoms with Crippen LogP contribution in [0.1, 0.15) is 5.56 Å². The van der Waals surface area contributed by atoms with Crippen LogP contribution in [0.25, 0.3) is 6.08 Å². The predicted octanol–water partition coefficient (Wildman–Crippen LogP) is 1.96. The summed E-state index contributed by atoms with van der Waals surface area (Å²) in [6.45, 7) is -0.420. The molecule has 2 aromatic rings. The summed E-state index contributed by atoms with van der Waals surface area (Å²) in [5, 5.41) is 2.69. The number of carbonyl (C=O) groups excluding carboxylic acids is 3. The third-order valence-electron chi connectivity index (χ3n) is 4.22. The van der Waals surface area contributed by atoms with E-state index in [4.69, 9.17) is 14.2 Å². The van der Waals surface area contributed by atoms with E-state index >= 15 is 0 Å². The Kier molecular flexibility index (Phi) is 4.67. The second-order valence-electron chi connectivity index (χ2n) is 6.10. The van der Waals surface area contributed by atoms with Crippen molar-refractivity contribution in [2.75, 3.05) is 30.2 Å². The van der Waals surface area contributed by atoms with Gasteiger partial charge >= 0.3 is 5.97 Å². The smallest absolute Gasteiger partial charge is 0.331 e. The Hall–Kier alpha value is -3.81. The van der Waals surface area contributed by atoms with E-state index in [9.17, 15) is 14.4 Å². The molecule has 8 nitrogen and oxygen atoms in total. The Bertz CT molecular complexity index is 984. The fourth-order valence-electron chi connectivity index (χ4n) is 2.90. The predicted molar refractivity (Wildman–Crippen MR) is 100.0 cm³/mol. The fourth-order valence-corrected chi connectivity index (χ4v) is 2.90. The largest absolute Gasteiger partial charge is 0.454 e. The molecule has 0 aliphatic carbocycles. The van der Waals surface area contributed by atoms with E-state index in [1.807, 2.05) is 0 Å². The van der Waals surface area contributed by atoms with Gasteiger partial charge in [-0.15, -0.1) is 0 Å². The topological polar surface area (TPSA) is 94.2 Å². The quantitative estimate of drug-likeness (QED) is 0.644. The van der Waals surface area contributed by atoms with Gasteiger partial charge in [0.1, 0.15) is 6.54 Å². The highest BCUT2D eigenvalue weighted by molar-refractivity contribution is 6.10. The number of anilines is 2. The average molecular weight is 380 g/mol. The molecule has 2 aliphatic rings. The van der Waals surface area contributed by atoms with Crippen LogP contribution in [0.3, 0.4) is 0 Å². The zero-order valence-corrected chi connectivity index (χ0v) is 14.7. The second kappa shape index (κ2) is 7.43. The maximum absolute atomic E-state index is 12.4. The fraction of sp³-hybridized carbons (Fsp3) is 0.150. The first-order chi connectivity index (χ1) is 13.6. The summed E-state index contributed by atoms with van der Waals surface area (Å²) in [6, 6.07) is 12.2. The first-order valence-corrected chi connectivity index (χ1v) is 8.54. The molecule has 0 atom stereocenters. The maximum Gasteiger partial charge on any atom is 0.331 e. The highest BCUT2D eigenvalue weighted by atomic mass is 16.7. The first-order valence-electron chi connectivity index (χ1n) is 8.54. The Labute approximate surface area is 160 Å². The summed E-state index contributed by atoms with van der Waals surface area (Å²) in [5.74, 6) is -0.196. The van der Waals surface area contributed by atoms with E-state index in [-0.39, 0.29) is 19.2 Å². The molecular weight excluding hydrogens is 364 g/mol. The normalized spacial score (nSPS) is 14.6. The van der Waals surface area contributed by atoms with Crippen molar-refractivity contribution in [3.8, 4) is 11.5 Å². The molecule has 8 heteroatoms. The molecular formula is C20H16N2O6. The van der Waals surface area contributed by atoms with E-state index < -0.39 is 18.5 Å². The van der Waals surface area contributed by atoms with Crippen molar-refractivity contribution in [3.63, 3.8) is 0 Å². The third kappa shape index (κ3) is 3.66. The number of esters is 1. The van der Waals surface area contributed by atoms with Crippen LogP contribution in [0.5, 0.6) is 11.5 Å². The van der Waals surface area contributed by atoms with Gasteiger partial charge in [0.2, 0.25) is 12.7 Å². The molecule has 142 valence electrons. The van der Waals surface area contributed by atoms with E-state index in [0.29, 0.717) is 22.9 Å². The van der Waals surface area contributed by atoms with Gasteiger partial charge in [-0.2, -0.15) is 0 Å².